The Hall–Kier alpha value is -0.640. The van der Waals surface area contributed by atoms with Crippen LogP contribution < -0.4 is 0 Å². The lowest BCUT2D eigenvalue weighted by Gasteiger charge is -2.35. The molecule has 1 N–H and O–H groups in total. The van der Waals surface area contributed by atoms with Crippen molar-refractivity contribution >= 4 is 21.5 Å². The quantitative estimate of drug-likeness (QED) is 0.916. The lowest BCUT2D eigenvalue weighted by Crippen LogP contribution is -2.42. The third-order valence-corrected chi connectivity index (χ3v) is 4.42. The van der Waals surface area contributed by atoms with Crippen LogP contribution >= 0.6 is 15.9 Å². The highest BCUT2D eigenvalue weighted by Gasteiger charge is 2.26. The number of allylic oxidation sites excluding steroid dienone is 1. The molecule has 0 saturated carbocycles. The molecule has 1 fully saturated rings. The van der Waals surface area contributed by atoms with E-state index in [0.29, 0.717) is 0 Å². The molecule has 1 aromatic rings. The van der Waals surface area contributed by atoms with Gasteiger partial charge in [0.15, 0.2) is 0 Å². The molecule has 0 amide bonds. The van der Waals surface area contributed by atoms with Gasteiger partial charge in [0.1, 0.15) is 0 Å². The molecule has 1 heterocycles. The van der Waals surface area contributed by atoms with Gasteiger partial charge >= 0.3 is 0 Å². The van der Waals surface area contributed by atoms with Crippen molar-refractivity contribution < 1.29 is 5.11 Å². The van der Waals surface area contributed by atoms with Crippen molar-refractivity contribution in [3.63, 3.8) is 0 Å². The van der Waals surface area contributed by atoms with Gasteiger partial charge in [0.05, 0.1) is 5.60 Å². The number of likely N-dealkylation sites (tertiary alicyclic amines) is 1. The molecule has 0 aliphatic carbocycles. The molecule has 1 aliphatic rings. The Balaban J connectivity index is 1.90. The van der Waals surface area contributed by atoms with Crippen molar-refractivity contribution in [2.24, 2.45) is 0 Å². The summed E-state index contributed by atoms with van der Waals surface area (Å²) >= 11 is 3.46. The average molecular weight is 324 g/mol. The zero-order valence-corrected chi connectivity index (χ0v) is 13.3. The fourth-order valence-corrected chi connectivity index (χ4v) is 2.58. The summed E-state index contributed by atoms with van der Waals surface area (Å²) in [6.07, 6.45) is 4.03. The number of benzene rings is 1. The van der Waals surface area contributed by atoms with Gasteiger partial charge in [-0.1, -0.05) is 34.1 Å². The summed E-state index contributed by atoms with van der Waals surface area (Å²) in [6, 6.07) is 8.42. The molecule has 0 radical (unpaired) electrons. The van der Waals surface area contributed by atoms with E-state index in [4.69, 9.17) is 0 Å². The van der Waals surface area contributed by atoms with Gasteiger partial charge in [-0.05, 0) is 50.0 Å². The van der Waals surface area contributed by atoms with Gasteiger partial charge in [-0.3, -0.25) is 4.90 Å². The molecule has 0 atom stereocenters. The van der Waals surface area contributed by atoms with Gasteiger partial charge in [0, 0.05) is 24.1 Å². The van der Waals surface area contributed by atoms with Crippen LogP contribution in [0.15, 0.2) is 34.8 Å². The molecule has 1 aromatic carbocycles. The second-order valence-corrected chi connectivity index (χ2v) is 6.61. The van der Waals surface area contributed by atoms with Crippen LogP contribution in [0.1, 0.15) is 32.3 Å². The zero-order chi connectivity index (χ0) is 13.9. The van der Waals surface area contributed by atoms with E-state index in [2.05, 4.69) is 58.1 Å². The fourth-order valence-electron chi connectivity index (χ4n) is 2.31. The van der Waals surface area contributed by atoms with Crippen molar-refractivity contribution in [1.29, 1.82) is 0 Å². The van der Waals surface area contributed by atoms with Gasteiger partial charge < -0.3 is 5.11 Å². The number of hydrogen-bond donors (Lipinski definition) is 1. The minimum atomic E-state index is -0.457. The molecule has 0 spiro atoms. The van der Waals surface area contributed by atoms with Gasteiger partial charge in [0.25, 0.3) is 0 Å². The van der Waals surface area contributed by atoms with E-state index in [9.17, 15) is 5.11 Å². The topological polar surface area (TPSA) is 23.5 Å². The smallest absolute Gasteiger partial charge is 0.0644 e. The molecule has 104 valence electrons. The second-order valence-electron chi connectivity index (χ2n) is 5.69. The predicted molar refractivity (Wildman–Crippen MR) is 84.1 cm³/mol. The van der Waals surface area contributed by atoms with E-state index in [1.165, 1.54) is 11.1 Å². The van der Waals surface area contributed by atoms with Crippen molar-refractivity contribution in [2.75, 3.05) is 19.6 Å². The largest absolute Gasteiger partial charge is 0.390 e. The Morgan fingerprint density at radius 1 is 1.32 bits per heavy atom. The van der Waals surface area contributed by atoms with Crippen molar-refractivity contribution in [3.05, 3.63) is 40.4 Å². The van der Waals surface area contributed by atoms with Crippen molar-refractivity contribution in [2.45, 2.75) is 32.3 Å². The monoisotopic (exact) mass is 323 g/mol. The van der Waals surface area contributed by atoms with E-state index in [1.54, 1.807) is 0 Å². The molecule has 1 saturated heterocycles. The summed E-state index contributed by atoms with van der Waals surface area (Å²) in [5.74, 6) is 0. The van der Waals surface area contributed by atoms with Gasteiger partial charge in [0.2, 0.25) is 0 Å². The van der Waals surface area contributed by atoms with Crippen molar-refractivity contribution in [3.8, 4) is 0 Å². The summed E-state index contributed by atoms with van der Waals surface area (Å²) in [5.41, 5.74) is 2.12. The lowest BCUT2D eigenvalue weighted by molar-refractivity contribution is -0.00242. The molecular weight excluding hydrogens is 302 g/mol. The van der Waals surface area contributed by atoms with Crippen LogP contribution in [0.3, 0.4) is 0 Å². The molecule has 0 aromatic heterocycles. The van der Waals surface area contributed by atoms with E-state index in [-0.39, 0.29) is 0 Å². The number of halogens is 1. The highest BCUT2D eigenvalue weighted by Crippen LogP contribution is 2.22. The minimum absolute atomic E-state index is 0.457. The number of piperidine rings is 1. The van der Waals surface area contributed by atoms with Gasteiger partial charge in [-0.25, -0.2) is 0 Å². The normalized spacial score (nSPS) is 20.5. The average Bonchev–Trinajstić information content (AvgIpc) is 2.38. The first-order valence-electron chi connectivity index (χ1n) is 6.84. The zero-order valence-electron chi connectivity index (χ0n) is 11.7. The maximum Gasteiger partial charge on any atom is 0.0644 e. The van der Waals surface area contributed by atoms with Crippen LogP contribution in [-0.2, 0) is 0 Å². The lowest BCUT2D eigenvalue weighted by atomic mass is 9.94. The Bertz CT molecular complexity index is 440. The first-order chi connectivity index (χ1) is 8.96. The van der Waals surface area contributed by atoms with Gasteiger partial charge in [-0.2, -0.15) is 0 Å². The van der Waals surface area contributed by atoms with E-state index >= 15 is 0 Å². The Labute approximate surface area is 124 Å². The Morgan fingerprint density at radius 3 is 2.47 bits per heavy atom. The molecule has 3 heteroatoms. The summed E-state index contributed by atoms with van der Waals surface area (Å²) in [7, 11) is 0. The molecule has 2 nitrogen and oxygen atoms in total. The maximum atomic E-state index is 9.93. The fraction of sp³-hybridized carbons (Fsp3) is 0.500. The SMILES string of the molecule is C/C(=C/CN1CCC(C)(O)CC1)c1ccc(Br)cc1. The number of rotatable bonds is 3. The van der Waals surface area contributed by atoms with Crippen LogP contribution in [-0.4, -0.2) is 35.2 Å². The third-order valence-electron chi connectivity index (χ3n) is 3.89. The van der Waals surface area contributed by atoms with Crippen LogP contribution in [0.4, 0.5) is 0 Å². The van der Waals surface area contributed by atoms with E-state index < -0.39 is 5.60 Å². The number of hydrogen-bond acceptors (Lipinski definition) is 2. The number of nitrogens with zero attached hydrogens (tertiary/aromatic N) is 1. The van der Waals surface area contributed by atoms with Crippen LogP contribution in [0.25, 0.3) is 5.57 Å². The summed E-state index contributed by atoms with van der Waals surface area (Å²) in [5, 5.41) is 9.93. The number of aliphatic hydroxyl groups is 1. The predicted octanol–water partition coefficient (Wildman–Crippen LogP) is 3.70. The molecule has 0 bridgehead atoms. The van der Waals surface area contributed by atoms with Crippen LogP contribution in [0, 0.1) is 0 Å². The second kappa shape index (κ2) is 6.21. The van der Waals surface area contributed by atoms with Crippen molar-refractivity contribution in [1.82, 2.24) is 4.90 Å². The molecule has 2 rings (SSSR count). The molecule has 0 unspecified atom stereocenters. The van der Waals surface area contributed by atoms with Crippen LogP contribution in [0.5, 0.6) is 0 Å². The first-order valence-corrected chi connectivity index (χ1v) is 7.63. The Morgan fingerprint density at radius 2 is 1.89 bits per heavy atom. The summed E-state index contributed by atoms with van der Waals surface area (Å²) < 4.78 is 1.11. The summed E-state index contributed by atoms with van der Waals surface area (Å²) in [4.78, 5) is 2.40. The summed E-state index contributed by atoms with van der Waals surface area (Å²) in [6.45, 7) is 7.03. The Kier molecular flexibility index (Phi) is 4.82. The highest BCUT2D eigenvalue weighted by atomic mass is 79.9. The molecule has 19 heavy (non-hydrogen) atoms. The standard InChI is InChI=1S/C16H22BrNO/c1-13(14-3-5-15(17)6-4-14)7-10-18-11-8-16(2,19)9-12-18/h3-7,19H,8-12H2,1-2H3/b13-7-. The maximum absolute atomic E-state index is 9.93. The highest BCUT2D eigenvalue weighted by molar-refractivity contribution is 9.10. The first kappa shape index (κ1) is 14.8. The van der Waals surface area contributed by atoms with Crippen LogP contribution in [0.2, 0.25) is 0 Å². The van der Waals surface area contributed by atoms with E-state index in [0.717, 1.165) is 36.9 Å². The minimum Gasteiger partial charge on any atom is -0.390 e. The molecule has 1 aliphatic heterocycles. The van der Waals surface area contributed by atoms with E-state index in [1.807, 2.05) is 6.92 Å². The molecular formula is C16H22BrNO. The van der Waals surface area contributed by atoms with Gasteiger partial charge in [-0.15, -0.1) is 0 Å². The third kappa shape index (κ3) is 4.44.